The standard InChI is InChI=1S/C42H44N10O6/c1-4-50(29-22-48(23-29)28-10-11-30-31(17-28)42(57)52(41(30)56)35-12-13-37(53)46-40(35)55)27-8-6-25(7-9-27)20-49-21-26-16-34(36(58-24(2)3)18-33(26)47-49)45-39(54)32-19-44-51-15-5-14-43-38(32)51/h5,10-11,14-21,24-25,27,29,35H,4,6-9,12-13,22-23H2,1-3H3,(H-,45,46,53,54,55)/p+1/b49-20+. The first kappa shape index (κ1) is 37.3. The number of carbonyl (C=O) groups excluding carboxylic acids is 5. The molecule has 2 aromatic carbocycles. The lowest BCUT2D eigenvalue weighted by Crippen LogP contribution is -2.62. The number of carbonyl (C=O) groups is 5. The number of nitrogens with zero attached hydrogens (tertiary/aromatic N) is 8. The molecule has 9 rings (SSSR count). The van der Waals surface area contributed by atoms with Crippen molar-refractivity contribution >= 4 is 59.0 Å². The molecule has 1 unspecified atom stereocenters. The molecular weight excluding hydrogens is 741 g/mol. The number of imide groups is 2. The minimum absolute atomic E-state index is 0.0882. The molecule has 16 nitrogen and oxygen atoms in total. The third-order valence-corrected chi connectivity index (χ3v) is 11.8. The normalized spacial score (nSPS) is 22.6. The summed E-state index contributed by atoms with van der Waals surface area (Å²) in [6, 6.07) is 10.7. The van der Waals surface area contributed by atoms with E-state index in [9.17, 15) is 24.0 Å². The van der Waals surface area contributed by atoms with Crippen LogP contribution in [-0.4, -0.2) is 109 Å². The van der Waals surface area contributed by atoms with Crippen molar-refractivity contribution in [1.29, 1.82) is 0 Å². The van der Waals surface area contributed by atoms with Crippen LogP contribution in [0.2, 0.25) is 0 Å². The van der Waals surface area contributed by atoms with E-state index >= 15 is 0 Å². The Morgan fingerprint density at radius 3 is 2.59 bits per heavy atom. The third-order valence-electron chi connectivity index (χ3n) is 11.8. The summed E-state index contributed by atoms with van der Waals surface area (Å²) in [6.45, 7) is 8.67. The van der Waals surface area contributed by atoms with Crippen LogP contribution in [0.1, 0.15) is 90.4 Å². The highest BCUT2D eigenvalue weighted by Crippen LogP contribution is 2.35. The summed E-state index contributed by atoms with van der Waals surface area (Å²) in [5.41, 5.74) is 2.85. The Hall–Kier alpha value is -6.29. The first-order chi connectivity index (χ1) is 28.0. The largest absolute Gasteiger partial charge is 0.489 e. The third kappa shape index (κ3) is 6.80. The molecule has 298 valence electrons. The molecule has 0 bridgehead atoms. The van der Waals surface area contributed by atoms with Crippen molar-refractivity contribution in [2.75, 3.05) is 29.9 Å². The van der Waals surface area contributed by atoms with E-state index in [2.05, 4.69) is 43.7 Å². The van der Waals surface area contributed by atoms with Crippen molar-refractivity contribution in [2.45, 2.75) is 83.5 Å². The molecule has 1 atom stereocenters. The SMILES string of the molecule is CCN(C1CCC(/C=[N+]2\C=c3cc(NC(=O)c4cnn5cccnc45)c(OC(C)C)cc3=N2)CC1)C1CN(c2ccc3c(c2)C(=O)N(C2CCC(=O)NC2=O)C3=O)C1. The molecule has 58 heavy (non-hydrogen) atoms. The number of fused-ring (bicyclic) bond motifs is 3. The Morgan fingerprint density at radius 1 is 1.03 bits per heavy atom. The van der Waals surface area contributed by atoms with E-state index in [0.29, 0.717) is 51.8 Å². The number of aromatic nitrogens is 3. The van der Waals surface area contributed by atoms with Crippen molar-refractivity contribution in [3.8, 4) is 5.75 Å². The summed E-state index contributed by atoms with van der Waals surface area (Å²) in [5.74, 6) is -1.41. The topological polar surface area (TPSA) is 174 Å². The molecule has 2 saturated heterocycles. The number of rotatable bonds is 10. The van der Waals surface area contributed by atoms with E-state index in [1.54, 1.807) is 35.1 Å². The van der Waals surface area contributed by atoms with Gasteiger partial charge >= 0.3 is 0 Å². The monoisotopic (exact) mass is 785 g/mol. The maximum absolute atomic E-state index is 13.4. The highest BCUT2D eigenvalue weighted by Gasteiger charge is 2.45. The molecule has 6 heterocycles. The molecule has 2 aromatic heterocycles. The predicted molar refractivity (Wildman–Crippen MR) is 212 cm³/mol. The van der Waals surface area contributed by atoms with Gasteiger partial charge in [0.25, 0.3) is 17.7 Å². The molecule has 5 aliphatic rings. The zero-order valence-corrected chi connectivity index (χ0v) is 32.6. The maximum atomic E-state index is 13.4. The van der Waals surface area contributed by atoms with Gasteiger partial charge in [0.05, 0.1) is 34.3 Å². The van der Waals surface area contributed by atoms with Gasteiger partial charge in [0.2, 0.25) is 18.0 Å². The number of piperidine rings is 1. The van der Waals surface area contributed by atoms with Crippen molar-refractivity contribution in [3.05, 3.63) is 82.3 Å². The van der Waals surface area contributed by atoms with Gasteiger partial charge in [0.15, 0.2) is 11.9 Å². The number of anilines is 2. The second-order valence-corrected chi connectivity index (χ2v) is 15.9. The zero-order chi connectivity index (χ0) is 40.2. The van der Waals surface area contributed by atoms with E-state index in [4.69, 9.17) is 9.84 Å². The van der Waals surface area contributed by atoms with Gasteiger partial charge in [-0.1, -0.05) is 11.6 Å². The van der Waals surface area contributed by atoms with Crippen LogP contribution in [0.5, 0.6) is 5.75 Å². The Morgan fingerprint density at radius 2 is 1.83 bits per heavy atom. The molecule has 0 radical (unpaired) electrons. The molecule has 5 amide bonds. The van der Waals surface area contributed by atoms with Crippen molar-refractivity contribution in [2.24, 2.45) is 11.0 Å². The van der Waals surface area contributed by atoms with Crippen molar-refractivity contribution in [3.63, 3.8) is 0 Å². The summed E-state index contributed by atoms with van der Waals surface area (Å²) in [4.78, 5) is 74.2. The summed E-state index contributed by atoms with van der Waals surface area (Å²) >= 11 is 0. The first-order valence-corrected chi connectivity index (χ1v) is 20.0. The van der Waals surface area contributed by atoms with E-state index < -0.39 is 29.7 Å². The van der Waals surface area contributed by atoms with E-state index in [1.807, 2.05) is 42.9 Å². The maximum Gasteiger partial charge on any atom is 0.262 e. The Bertz CT molecular complexity index is 2530. The van der Waals surface area contributed by atoms with Crippen LogP contribution >= 0.6 is 0 Å². The van der Waals surface area contributed by atoms with Gasteiger partial charge in [-0.05, 0) is 82.8 Å². The second-order valence-electron chi connectivity index (χ2n) is 15.9. The van der Waals surface area contributed by atoms with Gasteiger partial charge in [0.1, 0.15) is 22.7 Å². The number of nitrogens with one attached hydrogen (secondary N) is 2. The van der Waals surface area contributed by atoms with E-state index in [0.717, 1.165) is 66.5 Å². The smallest absolute Gasteiger partial charge is 0.262 e. The van der Waals surface area contributed by atoms with Crippen LogP contribution in [-0.2, 0) is 9.59 Å². The lowest BCUT2D eigenvalue weighted by Gasteiger charge is -2.50. The van der Waals surface area contributed by atoms with Crippen LogP contribution in [0, 0.1) is 5.92 Å². The lowest BCUT2D eigenvalue weighted by molar-refractivity contribution is -0.424. The van der Waals surface area contributed by atoms with Crippen LogP contribution in [0.3, 0.4) is 0 Å². The molecule has 4 aliphatic heterocycles. The predicted octanol–water partition coefficient (Wildman–Crippen LogP) is 2.31. The summed E-state index contributed by atoms with van der Waals surface area (Å²) < 4.78 is 9.58. The number of likely N-dealkylation sites (N-methyl/N-ethyl adjacent to an activating group) is 1. The first-order valence-electron chi connectivity index (χ1n) is 20.0. The van der Waals surface area contributed by atoms with E-state index in [1.165, 1.54) is 6.20 Å². The zero-order valence-electron chi connectivity index (χ0n) is 32.6. The summed E-state index contributed by atoms with van der Waals surface area (Å²) in [5, 5.41) is 16.0. The van der Waals surface area contributed by atoms with Gasteiger partial charge < -0.3 is 15.0 Å². The Balaban J connectivity index is 0.823. The molecule has 2 N–H and O–H groups in total. The van der Waals surface area contributed by atoms with Gasteiger partial charge in [-0.2, -0.15) is 5.10 Å². The molecule has 3 fully saturated rings. The number of amides is 5. The van der Waals surface area contributed by atoms with Crippen LogP contribution in [0.15, 0.2) is 60.1 Å². The van der Waals surface area contributed by atoms with Crippen LogP contribution < -0.4 is 30.8 Å². The van der Waals surface area contributed by atoms with Gasteiger partial charge in [0, 0.05) is 66.8 Å². The van der Waals surface area contributed by atoms with Crippen molar-refractivity contribution < 1.29 is 33.4 Å². The van der Waals surface area contributed by atoms with Crippen molar-refractivity contribution in [1.82, 2.24) is 29.7 Å². The van der Waals surface area contributed by atoms with Crippen LogP contribution in [0.25, 0.3) is 11.8 Å². The number of benzene rings is 2. The summed E-state index contributed by atoms with van der Waals surface area (Å²) in [6.07, 6.45) is 13.4. The molecule has 16 heteroatoms. The highest BCUT2D eigenvalue weighted by atomic mass is 16.5. The number of hydrogen-bond donors (Lipinski definition) is 2. The average Bonchev–Trinajstić information content (AvgIpc) is 3.86. The summed E-state index contributed by atoms with van der Waals surface area (Å²) in [7, 11) is 0. The fourth-order valence-electron chi connectivity index (χ4n) is 8.92. The molecule has 1 aliphatic carbocycles. The fourth-order valence-corrected chi connectivity index (χ4v) is 8.92. The second kappa shape index (κ2) is 14.9. The number of hydrogen-bond acceptors (Lipinski definition) is 11. The molecule has 0 spiro atoms. The van der Waals surface area contributed by atoms with Gasteiger partial charge in [-0.15, -0.1) is 0 Å². The lowest BCUT2D eigenvalue weighted by atomic mass is 9.85. The minimum atomic E-state index is -0.979. The van der Waals surface area contributed by atoms with Crippen LogP contribution in [0.4, 0.5) is 11.4 Å². The molecule has 4 aromatic rings. The minimum Gasteiger partial charge on any atom is -0.489 e. The number of ether oxygens (including phenoxy) is 1. The molecule has 1 saturated carbocycles. The van der Waals surface area contributed by atoms with Gasteiger partial charge in [-0.25, -0.2) is 9.50 Å². The van der Waals surface area contributed by atoms with Gasteiger partial charge in [-0.3, -0.25) is 39.1 Å². The fraction of sp³-hybridized carbons (Fsp3) is 0.405. The van der Waals surface area contributed by atoms with E-state index in [-0.39, 0.29) is 24.9 Å². The highest BCUT2D eigenvalue weighted by molar-refractivity contribution is 6.23. The average molecular weight is 786 g/mol. The Kier molecular flexibility index (Phi) is 9.58. The molecular formula is C42H45N10O6+. The Labute approximate surface area is 333 Å². The quantitative estimate of drug-likeness (QED) is 0.180.